The number of hydrogen-bond donors (Lipinski definition) is 0. The Kier molecular flexibility index (Phi) is 7.71. The molecule has 1 nitrogen and oxygen atoms in total. The van der Waals surface area contributed by atoms with Gasteiger partial charge in [-0.3, -0.25) is 0 Å². The molecular formula is C58H55N. The van der Waals surface area contributed by atoms with Crippen LogP contribution in [0.2, 0.25) is 0 Å². The maximum Gasteiger partial charge on any atom is 0.0543 e. The lowest BCUT2D eigenvalue weighted by atomic mass is 9.43. The molecule has 1 heteroatoms. The Morgan fingerprint density at radius 3 is 1.80 bits per heavy atom. The summed E-state index contributed by atoms with van der Waals surface area (Å²) in [6, 6.07) is 58.5. The predicted molar refractivity (Wildman–Crippen MR) is 248 cm³/mol. The van der Waals surface area contributed by atoms with E-state index in [-0.39, 0.29) is 16.2 Å². The Hall–Kier alpha value is -5.40. The van der Waals surface area contributed by atoms with Crippen molar-refractivity contribution in [2.75, 3.05) is 4.90 Å². The smallest absolute Gasteiger partial charge is 0.0543 e. The molecule has 0 heterocycles. The lowest BCUT2D eigenvalue weighted by Gasteiger charge is -2.61. The average molecular weight is 766 g/mol. The van der Waals surface area contributed by atoms with Gasteiger partial charge in [-0.25, -0.2) is 0 Å². The minimum atomic E-state index is 0.0691. The summed E-state index contributed by atoms with van der Waals surface area (Å²) in [4.78, 5) is 2.64. The van der Waals surface area contributed by atoms with Crippen LogP contribution in [0.1, 0.15) is 94.9 Å². The van der Waals surface area contributed by atoms with Crippen LogP contribution in [0.15, 0.2) is 152 Å². The molecule has 6 aliphatic carbocycles. The normalized spacial score (nSPS) is 25.2. The van der Waals surface area contributed by atoms with Gasteiger partial charge < -0.3 is 4.90 Å². The molecule has 0 atom stereocenters. The van der Waals surface area contributed by atoms with E-state index in [1.54, 1.807) is 11.1 Å². The first-order valence-electron chi connectivity index (χ1n) is 22.6. The van der Waals surface area contributed by atoms with Crippen molar-refractivity contribution in [3.8, 4) is 33.4 Å². The molecule has 4 fully saturated rings. The standard InChI is InChI=1S/C58H55N/c1-56(2)29-30-57(3,4)55-47(17-11-20-51(55)56)46-15-8-10-21-52(46)59(45-27-25-40(26-28-45)42-24-23-39-13-5-6-14-41(39)36-42)53-22-12-19-50-54(53)48-16-7-9-18-49(48)58(50)43-32-37-31-38(34-43)35-44(58)33-37/h5-28,36-38,43-44H,29-35H2,1-4H3. The third kappa shape index (κ3) is 5.16. The predicted octanol–water partition coefficient (Wildman–Crippen LogP) is 15.7. The molecule has 0 unspecified atom stereocenters. The number of para-hydroxylation sites is 1. The van der Waals surface area contributed by atoms with Crippen LogP contribution >= 0.6 is 0 Å². The molecule has 7 aromatic rings. The molecule has 6 aliphatic rings. The molecule has 1 spiro atoms. The summed E-state index contributed by atoms with van der Waals surface area (Å²) in [5.41, 5.74) is 18.4. The van der Waals surface area contributed by atoms with Crippen LogP contribution in [0.3, 0.4) is 0 Å². The number of rotatable bonds is 5. The van der Waals surface area contributed by atoms with Crippen LogP contribution in [-0.2, 0) is 16.2 Å². The Balaban J connectivity index is 1.09. The van der Waals surface area contributed by atoms with Crippen molar-refractivity contribution < 1.29 is 0 Å². The summed E-state index contributed by atoms with van der Waals surface area (Å²) < 4.78 is 0. The molecule has 0 aliphatic heterocycles. The fraction of sp³-hybridized carbons (Fsp3) is 0.310. The monoisotopic (exact) mass is 765 g/mol. The molecule has 0 N–H and O–H groups in total. The average Bonchev–Trinajstić information content (AvgIpc) is 3.56. The Morgan fingerprint density at radius 2 is 1.02 bits per heavy atom. The molecule has 0 aromatic heterocycles. The molecule has 7 aromatic carbocycles. The quantitative estimate of drug-likeness (QED) is 0.169. The highest BCUT2D eigenvalue weighted by atomic mass is 15.1. The number of hydrogen-bond acceptors (Lipinski definition) is 1. The fourth-order valence-electron chi connectivity index (χ4n) is 13.8. The van der Waals surface area contributed by atoms with Crippen molar-refractivity contribution >= 4 is 27.8 Å². The van der Waals surface area contributed by atoms with Gasteiger partial charge in [-0.15, -0.1) is 0 Å². The van der Waals surface area contributed by atoms with E-state index in [1.807, 2.05) is 0 Å². The highest BCUT2D eigenvalue weighted by Crippen LogP contribution is 2.70. The summed E-state index contributed by atoms with van der Waals surface area (Å²) >= 11 is 0. The Labute approximate surface area is 351 Å². The maximum atomic E-state index is 2.64. The zero-order chi connectivity index (χ0) is 39.7. The molecule has 292 valence electrons. The molecule has 13 rings (SSSR count). The minimum Gasteiger partial charge on any atom is -0.309 e. The van der Waals surface area contributed by atoms with Gasteiger partial charge in [0.2, 0.25) is 0 Å². The first-order valence-corrected chi connectivity index (χ1v) is 22.6. The number of benzene rings is 7. The SMILES string of the molecule is CC1(C)CCC(C)(C)c2c(-c3ccccc3N(c3ccc(-c4ccc5ccccc5c4)cc3)c3cccc4c3-c3ccccc3C43C4CC5CC(C4)CC3C5)cccc21. The molecule has 0 saturated heterocycles. The second kappa shape index (κ2) is 12.8. The number of fused-ring (bicyclic) bond motifs is 5. The fourth-order valence-corrected chi connectivity index (χ4v) is 13.8. The van der Waals surface area contributed by atoms with Crippen LogP contribution in [-0.4, -0.2) is 0 Å². The highest BCUT2D eigenvalue weighted by Gasteiger charge is 2.62. The molecule has 4 saturated carbocycles. The van der Waals surface area contributed by atoms with E-state index in [0.29, 0.717) is 0 Å². The van der Waals surface area contributed by atoms with Gasteiger partial charge in [0.05, 0.1) is 11.4 Å². The molecule has 4 bridgehead atoms. The second-order valence-corrected chi connectivity index (χ2v) is 20.4. The highest BCUT2D eigenvalue weighted by molar-refractivity contribution is 5.99. The summed E-state index contributed by atoms with van der Waals surface area (Å²) in [5, 5.41) is 2.56. The van der Waals surface area contributed by atoms with Gasteiger partial charge in [-0.1, -0.05) is 149 Å². The Morgan fingerprint density at radius 1 is 0.441 bits per heavy atom. The maximum absolute atomic E-state index is 2.64. The largest absolute Gasteiger partial charge is 0.309 e. The zero-order valence-electron chi connectivity index (χ0n) is 35.1. The molecule has 0 radical (unpaired) electrons. The van der Waals surface area contributed by atoms with Gasteiger partial charge in [0.25, 0.3) is 0 Å². The van der Waals surface area contributed by atoms with Gasteiger partial charge in [-0.05, 0) is 165 Å². The Bertz CT molecular complexity index is 2770. The van der Waals surface area contributed by atoms with E-state index in [1.165, 1.54) is 117 Å². The van der Waals surface area contributed by atoms with Crippen LogP contribution in [0.4, 0.5) is 17.1 Å². The van der Waals surface area contributed by atoms with Gasteiger partial charge in [0.1, 0.15) is 0 Å². The van der Waals surface area contributed by atoms with E-state index in [9.17, 15) is 0 Å². The van der Waals surface area contributed by atoms with Gasteiger partial charge >= 0.3 is 0 Å². The number of nitrogens with zero attached hydrogens (tertiary/aromatic N) is 1. The van der Waals surface area contributed by atoms with Crippen LogP contribution < -0.4 is 4.90 Å². The summed E-state index contributed by atoms with van der Waals surface area (Å²) in [5.74, 6) is 3.27. The van der Waals surface area contributed by atoms with Crippen molar-refractivity contribution in [2.24, 2.45) is 23.7 Å². The van der Waals surface area contributed by atoms with E-state index in [4.69, 9.17) is 0 Å². The summed E-state index contributed by atoms with van der Waals surface area (Å²) in [6.45, 7) is 9.85. The van der Waals surface area contributed by atoms with Gasteiger partial charge in [0, 0.05) is 22.2 Å². The summed E-state index contributed by atoms with van der Waals surface area (Å²) in [6.07, 6.45) is 9.40. The van der Waals surface area contributed by atoms with E-state index >= 15 is 0 Å². The van der Waals surface area contributed by atoms with Gasteiger partial charge in [-0.2, -0.15) is 0 Å². The van der Waals surface area contributed by atoms with Crippen molar-refractivity contribution in [3.05, 3.63) is 174 Å². The van der Waals surface area contributed by atoms with Crippen molar-refractivity contribution in [1.82, 2.24) is 0 Å². The van der Waals surface area contributed by atoms with Crippen molar-refractivity contribution in [3.63, 3.8) is 0 Å². The first kappa shape index (κ1) is 35.5. The van der Waals surface area contributed by atoms with Crippen LogP contribution in [0.5, 0.6) is 0 Å². The minimum absolute atomic E-state index is 0.0691. The van der Waals surface area contributed by atoms with E-state index < -0.39 is 0 Å². The van der Waals surface area contributed by atoms with Crippen LogP contribution in [0.25, 0.3) is 44.2 Å². The molecular weight excluding hydrogens is 711 g/mol. The van der Waals surface area contributed by atoms with E-state index in [0.717, 1.165) is 23.7 Å². The van der Waals surface area contributed by atoms with E-state index in [2.05, 4.69) is 184 Å². The van der Waals surface area contributed by atoms with Crippen molar-refractivity contribution in [2.45, 2.75) is 88.9 Å². The van der Waals surface area contributed by atoms with Gasteiger partial charge in [0.15, 0.2) is 0 Å². The van der Waals surface area contributed by atoms with Crippen LogP contribution in [0, 0.1) is 23.7 Å². The first-order chi connectivity index (χ1) is 28.7. The third-order valence-corrected chi connectivity index (χ3v) is 16.3. The summed E-state index contributed by atoms with van der Waals surface area (Å²) in [7, 11) is 0. The topological polar surface area (TPSA) is 3.24 Å². The lowest BCUT2D eigenvalue weighted by Crippen LogP contribution is -2.55. The third-order valence-electron chi connectivity index (χ3n) is 16.3. The second-order valence-electron chi connectivity index (χ2n) is 20.4. The lowest BCUT2D eigenvalue weighted by molar-refractivity contribution is -0.0399. The van der Waals surface area contributed by atoms with Crippen molar-refractivity contribution in [1.29, 1.82) is 0 Å². The number of anilines is 3. The zero-order valence-corrected chi connectivity index (χ0v) is 35.1. The molecule has 59 heavy (non-hydrogen) atoms. The molecule has 0 amide bonds.